The summed E-state index contributed by atoms with van der Waals surface area (Å²) in [5.74, 6) is -0.220. The van der Waals surface area contributed by atoms with E-state index in [1.54, 1.807) is 0 Å². The topological polar surface area (TPSA) is 196 Å². The fourth-order valence-corrected chi connectivity index (χ4v) is 3.46. The summed E-state index contributed by atoms with van der Waals surface area (Å²) in [7, 11) is 1.36. The van der Waals surface area contributed by atoms with Gasteiger partial charge in [-0.2, -0.15) is 0 Å². The summed E-state index contributed by atoms with van der Waals surface area (Å²) in [6, 6.07) is 0. The lowest BCUT2D eigenvalue weighted by atomic mass is 9.99. The highest BCUT2D eigenvalue weighted by Gasteiger charge is 2.46. The minimum Gasteiger partial charge on any atom is -0.469 e. The Kier molecular flexibility index (Phi) is 14.5. The molecule has 7 N–H and O–H groups in total. The van der Waals surface area contributed by atoms with Crippen LogP contribution < -0.4 is 0 Å². The third-order valence-corrected chi connectivity index (χ3v) is 5.54. The van der Waals surface area contributed by atoms with E-state index >= 15 is 0 Å². The molecule has 1 saturated heterocycles. The van der Waals surface area contributed by atoms with Gasteiger partial charge in [-0.05, 0) is 19.8 Å². The van der Waals surface area contributed by atoms with Gasteiger partial charge in [0.05, 0.1) is 19.8 Å². The molecule has 0 saturated carbocycles. The average Bonchev–Trinajstić information content (AvgIpc) is 2.80. The van der Waals surface area contributed by atoms with Crippen molar-refractivity contribution in [2.24, 2.45) is 0 Å². The zero-order valence-corrected chi connectivity index (χ0v) is 19.2. The number of ether oxygens (including phenoxy) is 4. The normalized spacial score (nSPS) is 29.3. The average molecular weight is 485 g/mol. The number of methoxy groups -OCH3 is 1. The second kappa shape index (κ2) is 15.9. The van der Waals surface area contributed by atoms with Crippen LogP contribution in [0.2, 0.25) is 0 Å². The zero-order chi connectivity index (χ0) is 25.0. The highest BCUT2D eigenvalue weighted by molar-refractivity contribution is 5.68. The molecule has 1 aliphatic rings. The Morgan fingerprint density at radius 3 is 2.12 bits per heavy atom. The summed E-state index contributed by atoms with van der Waals surface area (Å²) in [5, 5.41) is 69.5. The lowest BCUT2D eigenvalue weighted by Gasteiger charge is -2.42. The molecule has 0 radical (unpaired) electrons. The van der Waals surface area contributed by atoms with Crippen LogP contribution >= 0.6 is 0 Å². The monoisotopic (exact) mass is 484 g/mol. The molecular formula is C21H40O12. The highest BCUT2D eigenvalue weighted by Crippen LogP contribution is 2.25. The van der Waals surface area contributed by atoms with E-state index in [9.17, 15) is 40.5 Å². The van der Waals surface area contributed by atoms with Gasteiger partial charge in [-0.1, -0.05) is 25.7 Å². The smallest absolute Gasteiger partial charge is 0.305 e. The molecule has 0 aliphatic carbocycles. The minimum atomic E-state index is -1.72. The number of carbonyl (C=O) groups is 1. The maximum Gasteiger partial charge on any atom is 0.305 e. The van der Waals surface area contributed by atoms with Crippen molar-refractivity contribution in [1.82, 2.24) is 0 Å². The largest absolute Gasteiger partial charge is 0.469 e. The summed E-state index contributed by atoms with van der Waals surface area (Å²) < 4.78 is 20.4. The SMILES string of the molecule is COC(=O)CCCCCCCCOC(O)C(O)C(OC1OC(CO)C(O)C(O)C1O)C(C)O. The molecule has 33 heavy (non-hydrogen) atoms. The van der Waals surface area contributed by atoms with E-state index in [0.29, 0.717) is 12.8 Å². The first-order chi connectivity index (χ1) is 15.6. The molecule has 0 aromatic carbocycles. The molecule has 9 unspecified atom stereocenters. The van der Waals surface area contributed by atoms with Gasteiger partial charge >= 0.3 is 5.97 Å². The van der Waals surface area contributed by atoms with Crippen LogP contribution in [0.3, 0.4) is 0 Å². The second-order valence-electron chi connectivity index (χ2n) is 8.24. The highest BCUT2D eigenvalue weighted by atomic mass is 16.7. The van der Waals surface area contributed by atoms with Crippen molar-refractivity contribution >= 4 is 5.97 Å². The number of aliphatic hydroxyl groups is 7. The molecule has 12 nitrogen and oxygen atoms in total. The molecule has 12 heteroatoms. The van der Waals surface area contributed by atoms with Gasteiger partial charge in [0.1, 0.15) is 36.6 Å². The molecule has 1 aliphatic heterocycles. The third-order valence-electron chi connectivity index (χ3n) is 5.54. The fourth-order valence-electron chi connectivity index (χ4n) is 3.46. The van der Waals surface area contributed by atoms with Gasteiger partial charge in [-0.3, -0.25) is 4.79 Å². The molecule has 1 heterocycles. The molecule has 196 valence electrons. The predicted octanol–water partition coefficient (Wildman–Crippen LogP) is -1.85. The lowest BCUT2D eigenvalue weighted by Crippen LogP contribution is -2.61. The van der Waals surface area contributed by atoms with E-state index in [1.807, 2.05) is 0 Å². The van der Waals surface area contributed by atoms with E-state index in [1.165, 1.54) is 14.0 Å². The first-order valence-corrected chi connectivity index (χ1v) is 11.3. The van der Waals surface area contributed by atoms with Gasteiger partial charge in [0.15, 0.2) is 12.6 Å². The van der Waals surface area contributed by atoms with E-state index in [2.05, 4.69) is 4.74 Å². The Hall–Kier alpha value is -0.930. The standard InChI is InChI=1S/C21H40O12/c1-12(23)19(33-21-17(27)16(26)15(25)13(11-22)32-21)18(28)20(29)31-10-8-6-4-3-5-7-9-14(24)30-2/h12-13,15-23,25-29H,3-11H2,1-2H3. The summed E-state index contributed by atoms with van der Waals surface area (Å²) in [5.41, 5.74) is 0. The zero-order valence-electron chi connectivity index (χ0n) is 19.2. The van der Waals surface area contributed by atoms with Crippen LogP contribution in [0.5, 0.6) is 0 Å². The Bertz CT molecular complexity index is 531. The van der Waals surface area contributed by atoms with Crippen LogP contribution in [0.15, 0.2) is 0 Å². The molecule has 1 rings (SSSR count). The Morgan fingerprint density at radius 2 is 1.55 bits per heavy atom. The molecule has 9 atom stereocenters. The summed E-state index contributed by atoms with van der Waals surface area (Å²) >= 11 is 0. The number of rotatable bonds is 16. The maximum atomic E-state index is 11.0. The van der Waals surface area contributed by atoms with Crippen molar-refractivity contribution in [3.05, 3.63) is 0 Å². The first kappa shape index (κ1) is 30.1. The van der Waals surface area contributed by atoms with Crippen LogP contribution in [-0.4, -0.2) is 117 Å². The number of aliphatic hydroxyl groups excluding tert-OH is 7. The summed E-state index contributed by atoms with van der Waals surface area (Å²) in [4.78, 5) is 11.0. The van der Waals surface area contributed by atoms with Crippen LogP contribution in [0.1, 0.15) is 51.9 Å². The van der Waals surface area contributed by atoms with E-state index in [4.69, 9.17) is 14.2 Å². The van der Waals surface area contributed by atoms with Crippen molar-refractivity contribution in [3.8, 4) is 0 Å². The van der Waals surface area contributed by atoms with Crippen LogP contribution in [0.25, 0.3) is 0 Å². The van der Waals surface area contributed by atoms with Gasteiger partial charge in [-0.25, -0.2) is 0 Å². The van der Waals surface area contributed by atoms with Gasteiger partial charge < -0.3 is 54.7 Å². The van der Waals surface area contributed by atoms with Crippen molar-refractivity contribution in [2.75, 3.05) is 20.3 Å². The molecule has 0 bridgehead atoms. The quantitative estimate of drug-likeness (QED) is 0.0735. The van der Waals surface area contributed by atoms with Crippen LogP contribution in [-0.2, 0) is 23.7 Å². The summed E-state index contributed by atoms with van der Waals surface area (Å²) in [6.45, 7) is 0.765. The van der Waals surface area contributed by atoms with E-state index < -0.39 is 61.9 Å². The summed E-state index contributed by atoms with van der Waals surface area (Å²) in [6.07, 6.45) is -8.61. The number of unbranched alkanes of at least 4 members (excludes halogenated alkanes) is 5. The molecule has 0 aromatic rings. The second-order valence-corrected chi connectivity index (χ2v) is 8.24. The van der Waals surface area contributed by atoms with Crippen LogP contribution in [0.4, 0.5) is 0 Å². The van der Waals surface area contributed by atoms with Crippen molar-refractivity contribution in [3.63, 3.8) is 0 Å². The first-order valence-electron chi connectivity index (χ1n) is 11.3. The molecule has 0 amide bonds. The minimum absolute atomic E-state index is 0.146. The number of hydrogen-bond donors (Lipinski definition) is 7. The number of esters is 1. The molecule has 1 fully saturated rings. The number of hydrogen-bond acceptors (Lipinski definition) is 12. The Morgan fingerprint density at radius 1 is 0.939 bits per heavy atom. The lowest BCUT2D eigenvalue weighted by molar-refractivity contribution is -0.331. The maximum absolute atomic E-state index is 11.0. The van der Waals surface area contributed by atoms with Crippen molar-refractivity contribution in [1.29, 1.82) is 0 Å². The van der Waals surface area contributed by atoms with Crippen LogP contribution in [0, 0.1) is 0 Å². The van der Waals surface area contributed by atoms with E-state index in [-0.39, 0.29) is 12.6 Å². The molecule has 0 aromatic heterocycles. The van der Waals surface area contributed by atoms with Gasteiger partial charge in [0, 0.05) is 13.0 Å². The molecule has 0 spiro atoms. The Balaban J connectivity index is 2.39. The van der Waals surface area contributed by atoms with Gasteiger partial charge in [0.2, 0.25) is 0 Å². The molecular weight excluding hydrogens is 444 g/mol. The Labute approximate surface area is 193 Å². The van der Waals surface area contributed by atoms with Gasteiger partial charge in [0.25, 0.3) is 0 Å². The fraction of sp³-hybridized carbons (Fsp3) is 0.952. The van der Waals surface area contributed by atoms with Crippen molar-refractivity contribution < 1.29 is 59.5 Å². The van der Waals surface area contributed by atoms with E-state index in [0.717, 1.165) is 32.1 Å². The third kappa shape index (κ3) is 10.1. The van der Waals surface area contributed by atoms with Crippen molar-refractivity contribution in [2.45, 2.75) is 107 Å². The predicted molar refractivity (Wildman–Crippen MR) is 113 cm³/mol. The number of carbonyl (C=O) groups excluding carboxylic acids is 1. The van der Waals surface area contributed by atoms with Gasteiger partial charge in [-0.15, -0.1) is 0 Å².